The Morgan fingerprint density at radius 3 is 2.48 bits per heavy atom. The molecule has 0 atom stereocenters. The predicted molar refractivity (Wildman–Crippen MR) is 98.2 cm³/mol. The number of carbonyl (C=O) groups is 1. The lowest BCUT2D eigenvalue weighted by molar-refractivity contribution is -0.115. The lowest BCUT2D eigenvalue weighted by Gasteiger charge is -2.21. The van der Waals surface area contributed by atoms with E-state index in [1.165, 1.54) is 0 Å². The summed E-state index contributed by atoms with van der Waals surface area (Å²) >= 11 is 3.60. The molecule has 0 radical (unpaired) electrons. The van der Waals surface area contributed by atoms with Crippen LogP contribution in [0.1, 0.15) is 18.9 Å². The number of benzene rings is 2. The lowest BCUT2D eigenvalue weighted by atomic mass is 10.2. The maximum absolute atomic E-state index is 11.7. The van der Waals surface area contributed by atoms with Crippen molar-refractivity contribution in [3.63, 3.8) is 0 Å². The first-order chi connectivity index (χ1) is 11.0. The summed E-state index contributed by atoms with van der Waals surface area (Å²) in [6, 6.07) is 13.7. The third-order valence-corrected chi connectivity index (χ3v) is 4.13. The summed E-state index contributed by atoms with van der Waals surface area (Å²) in [6.45, 7) is 2.32. The van der Waals surface area contributed by atoms with Crippen LogP contribution >= 0.6 is 15.9 Å². The largest absolute Gasteiger partial charge is 0.488 e. The Morgan fingerprint density at radius 1 is 1.17 bits per heavy atom. The van der Waals surface area contributed by atoms with Gasteiger partial charge in [0.25, 0.3) is 0 Å². The fraction of sp³-hybridized carbons (Fsp3) is 0.278. The molecule has 0 bridgehead atoms. The normalized spacial score (nSPS) is 10.3. The van der Waals surface area contributed by atoms with Gasteiger partial charge in [0.1, 0.15) is 12.4 Å². The van der Waals surface area contributed by atoms with Crippen LogP contribution in [0, 0.1) is 0 Å². The molecular weight excluding hydrogens is 356 g/mol. The molecule has 0 unspecified atom stereocenters. The molecule has 0 aliphatic rings. The number of anilines is 2. The van der Waals surface area contributed by atoms with Crippen LogP contribution in [0.4, 0.5) is 11.4 Å². The lowest BCUT2D eigenvalue weighted by Crippen LogP contribution is -2.16. The molecule has 0 heterocycles. The van der Waals surface area contributed by atoms with Crippen molar-refractivity contribution in [2.24, 2.45) is 0 Å². The minimum Gasteiger partial charge on any atom is -0.488 e. The van der Waals surface area contributed by atoms with Crippen molar-refractivity contribution in [1.82, 2.24) is 0 Å². The first-order valence-corrected chi connectivity index (χ1v) is 8.28. The zero-order valence-electron chi connectivity index (χ0n) is 13.6. The van der Waals surface area contributed by atoms with E-state index in [2.05, 4.69) is 21.2 Å². The molecule has 5 heteroatoms. The van der Waals surface area contributed by atoms with E-state index >= 15 is 0 Å². The Labute approximate surface area is 145 Å². The van der Waals surface area contributed by atoms with Crippen LogP contribution < -0.4 is 15.0 Å². The second-order valence-electron chi connectivity index (χ2n) is 5.34. The summed E-state index contributed by atoms with van der Waals surface area (Å²) in [6.07, 6.45) is 0.441. The molecule has 1 amide bonds. The molecule has 2 aromatic rings. The molecule has 2 rings (SSSR count). The molecule has 1 N–H and O–H groups in total. The van der Waals surface area contributed by atoms with Crippen molar-refractivity contribution in [2.75, 3.05) is 24.3 Å². The number of hydrogen-bond donors (Lipinski definition) is 1. The smallest absolute Gasteiger partial charge is 0.224 e. The molecule has 0 aliphatic heterocycles. The summed E-state index contributed by atoms with van der Waals surface area (Å²) in [5.41, 5.74) is 2.76. The van der Waals surface area contributed by atoms with Crippen LogP contribution in [-0.4, -0.2) is 20.0 Å². The third kappa shape index (κ3) is 4.48. The number of carbonyl (C=O) groups excluding carboxylic acids is 1. The fourth-order valence-corrected chi connectivity index (χ4v) is 2.98. The highest BCUT2D eigenvalue weighted by molar-refractivity contribution is 9.10. The van der Waals surface area contributed by atoms with Crippen LogP contribution in [0.2, 0.25) is 0 Å². The first kappa shape index (κ1) is 17.3. The Morgan fingerprint density at radius 2 is 1.87 bits per heavy atom. The van der Waals surface area contributed by atoms with E-state index in [9.17, 15) is 4.79 Å². The number of nitrogens with one attached hydrogen (secondary N) is 1. The van der Waals surface area contributed by atoms with Gasteiger partial charge in [0, 0.05) is 20.5 Å². The van der Waals surface area contributed by atoms with Crippen LogP contribution in [0.15, 0.2) is 46.9 Å². The zero-order chi connectivity index (χ0) is 16.8. The SMILES string of the molecule is CCC(=O)Nc1ccc(OCc2ccccc2)c(Br)c1N(C)C. The Balaban J connectivity index is 2.24. The minimum atomic E-state index is -0.0158. The van der Waals surface area contributed by atoms with Crippen molar-refractivity contribution < 1.29 is 9.53 Å². The highest BCUT2D eigenvalue weighted by Gasteiger charge is 2.15. The molecule has 0 saturated heterocycles. The van der Waals surface area contributed by atoms with E-state index in [-0.39, 0.29) is 5.91 Å². The molecule has 23 heavy (non-hydrogen) atoms. The van der Waals surface area contributed by atoms with Crippen LogP contribution in [0.5, 0.6) is 5.75 Å². The van der Waals surface area contributed by atoms with Crippen molar-refractivity contribution in [1.29, 1.82) is 0 Å². The van der Waals surface area contributed by atoms with E-state index < -0.39 is 0 Å². The fourth-order valence-electron chi connectivity index (χ4n) is 2.17. The second-order valence-corrected chi connectivity index (χ2v) is 6.14. The average Bonchev–Trinajstić information content (AvgIpc) is 2.54. The quantitative estimate of drug-likeness (QED) is 0.809. The first-order valence-electron chi connectivity index (χ1n) is 7.49. The summed E-state index contributed by atoms with van der Waals surface area (Å²) in [5.74, 6) is 0.727. The number of halogens is 1. The van der Waals surface area contributed by atoms with Gasteiger partial charge in [0.05, 0.1) is 15.8 Å². The van der Waals surface area contributed by atoms with E-state index in [0.29, 0.717) is 13.0 Å². The maximum atomic E-state index is 11.7. The van der Waals surface area contributed by atoms with Crippen LogP contribution in [0.3, 0.4) is 0 Å². The van der Waals surface area contributed by atoms with E-state index in [4.69, 9.17) is 4.74 Å². The zero-order valence-corrected chi connectivity index (χ0v) is 15.2. The predicted octanol–water partition coefficient (Wildman–Crippen LogP) is 4.44. The van der Waals surface area contributed by atoms with Gasteiger partial charge in [-0.3, -0.25) is 4.79 Å². The Bertz CT molecular complexity index is 672. The molecule has 0 spiro atoms. The van der Waals surface area contributed by atoms with Gasteiger partial charge >= 0.3 is 0 Å². The van der Waals surface area contributed by atoms with Gasteiger partial charge in [0.2, 0.25) is 5.91 Å². The standard InChI is InChI=1S/C18H21BrN2O2/c1-4-16(22)20-14-10-11-15(17(19)18(14)21(2)3)23-12-13-8-6-5-7-9-13/h5-11H,4,12H2,1-3H3,(H,20,22). The molecular formula is C18H21BrN2O2. The summed E-state index contributed by atoms with van der Waals surface area (Å²) in [5, 5.41) is 2.92. The van der Waals surface area contributed by atoms with Gasteiger partial charge < -0.3 is 15.0 Å². The second kappa shape index (κ2) is 8.02. The number of nitrogens with zero attached hydrogens (tertiary/aromatic N) is 1. The van der Waals surface area contributed by atoms with Gasteiger partial charge in [-0.1, -0.05) is 37.3 Å². The molecule has 122 valence electrons. The number of ether oxygens (including phenoxy) is 1. The monoisotopic (exact) mass is 376 g/mol. The molecule has 0 fully saturated rings. The van der Waals surface area contributed by atoms with Crippen molar-refractivity contribution in [3.05, 3.63) is 52.5 Å². The summed E-state index contributed by atoms with van der Waals surface area (Å²) < 4.78 is 6.74. The van der Waals surface area contributed by atoms with Gasteiger partial charge in [-0.15, -0.1) is 0 Å². The van der Waals surface area contributed by atoms with Crippen molar-refractivity contribution >= 4 is 33.2 Å². The topological polar surface area (TPSA) is 41.6 Å². The van der Waals surface area contributed by atoms with E-state index in [1.54, 1.807) is 0 Å². The molecule has 0 saturated carbocycles. The number of amides is 1. The van der Waals surface area contributed by atoms with Crippen molar-refractivity contribution in [3.8, 4) is 5.75 Å². The molecule has 0 aliphatic carbocycles. The van der Waals surface area contributed by atoms with E-state index in [0.717, 1.165) is 27.2 Å². The average molecular weight is 377 g/mol. The molecule has 2 aromatic carbocycles. The van der Waals surface area contributed by atoms with Gasteiger partial charge in [0.15, 0.2) is 0 Å². The molecule has 0 aromatic heterocycles. The number of rotatable bonds is 6. The highest BCUT2D eigenvalue weighted by Crippen LogP contribution is 2.40. The minimum absolute atomic E-state index is 0.0158. The van der Waals surface area contributed by atoms with E-state index in [1.807, 2.05) is 68.4 Å². The van der Waals surface area contributed by atoms with Crippen molar-refractivity contribution in [2.45, 2.75) is 20.0 Å². The summed E-state index contributed by atoms with van der Waals surface area (Å²) in [4.78, 5) is 13.6. The van der Waals surface area contributed by atoms with Crippen LogP contribution in [0.25, 0.3) is 0 Å². The van der Waals surface area contributed by atoms with Gasteiger partial charge in [-0.25, -0.2) is 0 Å². The highest BCUT2D eigenvalue weighted by atomic mass is 79.9. The Kier molecular flexibility index (Phi) is 6.04. The van der Waals surface area contributed by atoms with Gasteiger partial charge in [-0.05, 0) is 33.6 Å². The molecule has 4 nitrogen and oxygen atoms in total. The third-order valence-electron chi connectivity index (χ3n) is 3.36. The summed E-state index contributed by atoms with van der Waals surface area (Å²) in [7, 11) is 3.87. The maximum Gasteiger partial charge on any atom is 0.224 e. The number of hydrogen-bond acceptors (Lipinski definition) is 3. The van der Waals surface area contributed by atoms with Gasteiger partial charge in [-0.2, -0.15) is 0 Å². The Hall–Kier alpha value is -2.01. The van der Waals surface area contributed by atoms with Crippen LogP contribution in [-0.2, 0) is 11.4 Å².